The SMILES string of the molecule is Cc1c[nH]c(NCC(O)CO)nc1=O. The van der Waals surface area contributed by atoms with E-state index in [1.807, 2.05) is 0 Å². The maximum atomic E-state index is 11.1. The van der Waals surface area contributed by atoms with Gasteiger partial charge in [0.2, 0.25) is 5.95 Å². The minimum Gasteiger partial charge on any atom is -0.394 e. The number of hydrogen-bond donors (Lipinski definition) is 4. The summed E-state index contributed by atoms with van der Waals surface area (Å²) in [6.07, 6.45) is 0.671. The Morgan fingerprint density at radius 2 is 2.43 bits per heavy atom. The van der Waals surface area contributed by atoms with E-state index in [4.69, 9.17) is 10.2 Å². The van der Waals surface area contributed by atoms with Crippen LogP contribution in [-0.4, -0.2) is 39.4 Å². The van der Waals surface area contributed by atoms with Crippen molar-refractivity contribution in [2.45, 2.75) is 13.0 Å². The second kappa shape index (κ2) is 4.73. The molecule has 1 atom stereocenters. The molecule has 0 fully saturated rings. The van der Waals surface area contributed by atoms with Crippen LogP contribution in [0.25, 0.3) is 0 Å². The molecule has 6 nitrogen and oxygen atoms in total. The summed E-state index contributed by atoms with van der Waals surface area (Å²) < 4.78 is 0. The maximum absolute atomic E-state index is 11.1. The highest BCUT2D eigenvalue weighted by atomic mass is 16.3. The van der Waals surface area contributed by atoms with Gasteiger partial charge in [-0.25, -0.2) is 0 Å². The minimum atomic E-state index is -0.860. The third-order valence-corrected chi connectivity index (χ3v) is 1.69. The van der Waals surface area contributed by atoms with Crippen LogP contribution in [0.1, 0.15) is 5.56 Å². The predicted octanol–water partition coefficient (Wildman–Crippen LogP) is -1.16. The van der Waals surface area contributed by atoms with Crippen LogP contribution in [0, 0.1) is 6.92 Å². The molecule has 0 aliphatic rings. The highest BCUT2D eigenvalue weighted by Crippen LogP contribution is 1.94. The molecule has 1 unspecified atom stereocenters. The van der Waals surface area contributed by atoms with E-state index in [-0.39, 0.29) is 24.7 Å². The van der Waals surface area contributed by atoms with Crippen molar-refractivity contribution in [3.8, 4) is 0 Å². The van der Waals surface area contributed by atoms with Gasteiger partial charge in [0, 0.05) is 18.3 Å². The van der Waals surface area contributed by atoms with E-state index in [9.17, 15) is 4.79 Å². The lowest BCUT2D eigenvalue weighted by Crippen LogP contribution is -2.25. The number of nitrogens with one attached hydrogen (secondary N) is 2. The van der Waals surface area contributed by atoms with Gasteiger partial charge in [0.05, 0.1) is 12.7 Å². The van der Waals surface area contributed by atoms with Crippen molar-refractivity contribution in [1.29, 1.82) is 0 Å². The lowest BCUT2D eigenvalue weighted by Gasteiger charge is -2.08. The molecule has 0 aromatic carbocycles. The van der Waals surface area contributed by atoms with Crippen molar-refractivity contribution in [2.24, 2.45) is 0 Å². The number of aromatic amines is 1. The molecule has 1 aromatic rings. The Balaban J connectivity index is 2.60. The lowest BCUT2D eigenvalue weighted by atomic mass is 10.4. The Morgan fingerprint density at radius 3 is 3.00 bits per heavy atom. The van der Waals surface area contributed by atoms with E-state index in [1.165, 1.54) is 6.20 Å². The van der Waals surface area contributed by atoms with Crippen molar-refractivity contribution in [3.63, 3.8) is 0 Å². The molecule has 0 aliphatic heterocycles. The fourth-order valence-corrected chi connectivity index (χ4v) is 0.830. The van der Waals surface area contributed by atoms with E-state index >= 15 is 0 Å². The Kier molecular flexibility index (Phi) is 3.61. The Hall–Kier alpha value is -1.40. The van der Waals surface area contributed by atoms with Gasteiger partial charge in [-0.1, -0.05) is 0 Å². The van der Waals surface area contributed by atoms with Gasteiger partial charge in [0.25, 0.3) is 5.56 Å². The van der Waals surface area contributed by atoms with E-state index in [2.05, 4.69) is 15.3 Å². The molecule has 0 aliphatic carbocycles. The lowest BCUT2D eigenvalue weighted by molar-refractivity contribution is 0.105. The number of aromatic nitrogens is 2. The summed E-state index contributed by atoms with van der Waals surface area (Å²) in [5.74, 6) is 0.285. The maximum Gasteiger partial charge on any atom is 0.277 e. The second-order valence-corrected chi connectivity index (χ2v) is 2.95. The summed E-state index contributed by atoms with van der Waals surface area (Å²) in [5, 5.41) is 20.2. The number of nitrogens with zero attached hydrogens (tertiary/aromatic N) is 1. The first kappa shape index (κ1) is 10.7. The van der Waals surface area contributed by atoms with Gasteiger partial charge < -0.3 is 20.5 Å². The van der Waals surface area contributed by atoms with Crippen LogP contribution in [0.3, 0.4) is 0 Å². The van der Waals surface area contributed by atoms with Gasteiger partial charge in [0.15, 0.2) is 0 Å². The van der Waals surface area contributed by atoms with Gasteiger partial charge in [-0.15, -0.1) is 0 Å². The van der Waals surface area contributed by atoms with Crippen LogP contribution in [0.2, 0.25) is 0 Å². The quantitative estimate of drug-likeness (QED) is 0.490. The van der Waals surface area contributed by atoms with Gasteiger partial charge in [-0.3, -0.25) is 4.79 Å². The normalized spacial score (nSPS) is 12.5. The molecule has 4 N–H and O–H groups in total. The molecule has 0 amide bonds. The molecule has 0 bridgehead atoms. The number of rotatable bonds is 4. The van der Waals surface area contributed by atoms with Crippen molar-refractivity contribution >= 4 is 5.95 Å². The molecule has 1 heterocycles. The van der Waals surface area contributed by atoms with Gasteiger partial charge in [0.1, 0.15) is 0 Å². The molecular formula is C8H13N3O3. The van der Waals surface area contributed by atoms with Crippen molar-refractivity contribution in [2.75, 3.05) is 18.5 Å². The zero-order valence-corrected chi connectivity index (χ0v) is 7.82. The van der Waals surface area contributed by atoms with Crippen molar-refractivity contribution < 1.29 is 10.2 Å². The van der Waals surface area contributed by atoms with Crippen LogP contribution in [0.4, 0.5) is 5.95 Å². The van der Waals surface area contributed by atoms with Gasteiger partial charge in [-0.05, 0) is 6.92 Å². The Morgan fingerprint density at radius 1 is 1.71 bits per heavy atom. The number of anilines is 1. The number of aliphatic hydroxyl groups excluding tert-OH is 2. The van der Waals surface area contributed by atoms with Crippen molar-refractivity contribution in [3.05, 3.63) is 22.1 Å². The highest BCUT2D eigenvalue weighted by molar-refractivity contribution is 5.24. The standard InChI is InChI=1S/C8H13N3O3/c1-5-2-9-8(11-7(5)14)10-3-6(13)4-12/h2,6,12-13H,3-4H2,1H3,(H2,9,10,11,14). The van der Waals surface area contributed by atoms with E-state index in [1.54, 1.807) is 6.92 Å². The summed E-state index contributed by atoms with van der Waals surface area (Å²) in [5.41, 5.74) is 0.211. The molecule has 0 radical (unpaired) electrons. The fourth-order valence-electron chi connectivity index (χ4n) is 0.830. The summed E-state index contributed by atoms with van der Waals surface area (Å²) in [4.78, 5) is 17.5. The van der Waals surface area contributed by atoms with E-state index in [0.717, 1.165) is 0 Å². The predicted molar refractivity (Wildman–Crippen MR) is 51.2 cm³/mol. The summed E-state index contributed by atoms with van der Waals surface area (Å²) in [7, 11) is 0. The second-order valence-electron chi connectivity index (χ2n) is 2.95. The highest BCUT2D eigenvalue weighted by Gasteiger charge is 2.02. The molecule has 0 saturated carbocycles. The molecule has 78 valence electrons. The van der Waals surface area contributed by atoms with Crippen molar-refractivity contribution in [1.82, 2.24) is 9.97 Å². The van der Waals surface area contributed by atoms with E-state index < -0.39 is 6.10 Å². The number of hydrogen-bond acceptors (Lipinski definition) is 5. The first-order valence-electron chi connectivity index (χ1n) is 4.22. The molecule has 0 spiro atoms. The van der Waals surface area contributed by atoms with E-state index in [0.29, 0.717) is 5.56 Å². The fraction of sp³-hybridized carbons (Fsp3) is 0.500. The zero-order chi connectivity index (χ0) is 10.6. The molecule has 1 aromatic heterocycles. The van der Waals surface area contributed by atoms with Crippen LogP contribution >= 0.6 is 0 Å². The summed E-state index contributed by atoms with van der Waals surface area (Å²) >= 11 is 0. The monoisotopic (exact) mass is 199 g/mol. The van der Waals surface area contributed by atoms with Crippen LogP contribution in [0.15, 0.2) is 11.0 Å². The minimum absolute atomic E-state index is 0.141. The first-order chi connectivity index (χ1) is 6.63. The number of aryl methyl sites for hydroxylation is 1. The molecular weight excluding hydrogens is 186 g/mol. The molecule has 14 heavy (non-hydrogen) atoms. The topological polar surface area (TPSA) is 98.2 Å². The Labute approximate surface area is 80.6 Å². The van der Waals surface area contributed by atoms with Crippen LogP contribution < -0.4 is 10.9 Å². The third kappa shape index (κ3) is 2.82. The zero-order valence-electron chi connectivity index (χ0n) is 7.82. The average molecular weight is 199 g/mol. The smallest absolute Gasteiger partial charge is 0.277 e. The third-order valence-electron chi connectivity index (χ3n) is 1.69. The number of H-pyrrole nitrogens is 1. The van der Waals surface area contributed by atoms with Gasteiger partial charge >= 0.3 is 0 Å². The van der Waals surface area contributed by atoms with Crippen LogP contribution in [0.5, 0.6) is 0 Å². The van der Waals surface area contributed by atoms with Gasteiger partial charge in [-0.2, -0.15) is 4.98 Å². The first-order valence-corrected chi connectivity index (χ1v) is 4.22. The molecule has 0 saturated heterocycles. The summed E-state index contributed by atoms with van der Waals surface area (Å²) in [6, 6.07) is 0. The summed E-state index contributed by atoms with van der Waals surface area (Å²) in [6.45, 7) is 1.46. The number of aliphatic hydroxyl groups is 2. The Bertz CT molecular complexity index is 350. The van der Waals surface area contributed by atoms with Crippen LogP contribution in [-0.2, 0) is 0 Å². The molecule has 6 heteroatoms. The largest absolute Gasteiger partial charge is 0.394 e. The molecule has 1 rings (SSSR count). The average Bonchev–Trinajstić information content (AvgIpc) is 2.19.